The topological polar surface area (TPSA) is 106 Å². The quantitative estimate of drug-likeness (QED) is 0.367. The number of phenols is 1. The van der Waals surface area contributed by atoms with Crippen LogP contribution in [0.1, 0.15) is 11.1 Å². The van der Waals surface area contributed by atoms with Crippen molar-refractivity contribution in [1.29, 1.82) is 0 Å². The second kappa shape index (κ2) is 8.11. The molecule has 0 saturated heterocycles. The van der Waals surface area contributed by atoms with Crippen LogP contribution in [0.2, 0.25) is 5.02 Å². The number of imidazole rings is 1. The van der Waals surface area contributed by atoms with E-state index in [1.165, 1.54) is 11.6 Å². The summed E-state index contributed by atoms with van der Waals surface area (Å²) in [6.07, 6.45) is 1.56. The molecule has 0 unspecified atom stereocenters. The lowest BCUT2D eigenvalue weighted by molar-refractivity contribution is 0.475. The first kappa shape index (κ1) is 20.4. The van der Waals surface area contributed by atoms with E-state index in [1.54, 1.807) is 54.2 Å². The van der Waals surface area contributed by atoms with Crippen molar-refractivity contribution in [2.75, 3.05) is 5.43 Å². The Labute approximate surface area is 181 Å². The number of phenolic OH excluding ortho intramolecular Hbond substituents is 1. The molecule has 0 atom stereocenters. The summed E-state index contributed by atoms with van der Waals surface area (Å²) in [6, 6.07) is 13.7. The number of hydrogen-bond acceptors (Lipinski definition) is 6. The zero-order chi connectivity index (χ0) is 22.1. The fourth-order valence-corrected chi connectivity index (χ4v) is 3.31. The number of anilines is 1. The summed E-state index contributed by atoms with van der Waals surface area (Å²) in [4.78, 5) is 29.7. The monoisotopic (exact) mass is 438 g/mol. The largest absolute Gasteiger partial charge is 0.508 e. The maximum Gasteiger partial charge on any atom is 0.332 e. The van der Waals surface area contributed by atoms with Gasteiger partial charge in [-0.15, -0.1) is 0 Å². The minimum Gasteiger partial charge on any atom is -0.508 e. The van der Waals surface area contributed by atoms with E-state index in [0.29, 0.717) is 17.5 Å². The van der Waals surface area contributed by atoms with Crippen molar-refractivity contribution in [1.82, 2.24) is 18.7 Å². The zero-order valence-corrected chi connectivity index (χ0v) is 17.5. The Hall–Kier alpha value is -3.85. The fourth-order valence-electron chi connectivity index (χ4n) is 3.18. The number of halogens is 1. The molecule has 0 aliphatic carbocycles. The summed E-state index contributed by atoms with van der Waals surface area (Å²) >= 11 is 5.98. The summed E-state index contributed by atoms with van der Waals surface area (Å²) in [5, 5.41) is 14.2. The van der Waals surface area contributed by atoms with E-state index in [2.05, 4.69) is 15.5 Å². The van der Waals surface area contributed by atoms with Crippen molar-refractivity contribution in [2.45, 2.75) is 6.54 Å². The molecule has 0 bridgehead atoms. The molecule has 0 saturated carbocycles. The van der Waals surface area contributed by atoms with Gasteiger partial charge in [0.25, 0.3) is 5.56 Å². The highest BCUT2D eigenvalue weighted by Gasteiger charge is 2.19. The maximum atomic E-state index is 12.9. The van der Waals surface area contributed by atoms with Crippen molar-refractivity contribution < 1.29 is 5.11 Å². The molecule has 4 aromatic rings. The molecule has 0 radical (unpaired) electrons. The number of nitrogens with zero attached hydrogens (tertiary/aromatic N) is 5. The van der Waals surface area contributed by atoms with Crippen LogP contribution in [0, 0.1) is 0 Å². The molecule has 9 nitrogen and oxygen atoms in total. The number of nitrogens with one attached hydrogen (secondary N) is 1. The summed E-state index contributed by atoms with van der Waals surface area (Å²) in [5.74, 6) is 0.463. The third kappa shape index (κ3) is 3.95. The molecule has 0 amide bonds. The fraction of sp³-hybridized carbons (Fsp3) is 0.143. The lowest BCUT2D eigenvalue weighted by Gasteiger charge is -2.09. The van der Waals surface area contributed by atoms with Gasteiger partial charge >= 0.3 is 5.69 Å². The van der Waals surface area contributed by atoms with Gasteiger partial charge in [-0.25, -0.2) is 10.2 Å². The molecule has 0 aliphatic heterocycles. The second-order valence-electron chi connectivity index (χ2n) is 6.99. The van der Waals surface area contributed by atoms with Crippen molar-refractivity contribution >= 4 is 34.9 Å². The number of rotatable bonds is 5. The number of aromatic hydroxyl groups is 1. The average Bonchev–Trinajstić information content (AvgIpc) is 3.12. The summed E-state index contributed by atoms with van der Waals surface area (Å²) in [6.45, 7) is 0.318. The molecule has 2 aromatic carbocycles. The van der Waals surface area contributed by atoms with Gasteiger partial charge in [0.05, 0.1) is 12.8 Å². The molecule has 10 heteroatoms. The van der Waals surface area contributed by atoms with Crippen molar-refractivity contribution in [3.63, 3.8) is 0 Å². The van der Waals surface area contributed by atoms with Gasteiger partial charge in [-0.3, -0.25) is 18.5 Å². The lowest BCUT2D eigenvalue weighted by Crippen LogP contribution is -2.37. The van der Waals surface area contributed by atoms with Crippen LogP contribution in [0.25, 0.3) is 11.2 Å². The Balaban J connectivity index is 1.80. The van der Waals surface area contributed by atoms with Crippen molar-refractivity contribution in [3.05, 3.63) is 85.5 Å². The minimum absolute atomic E-state index is 0.159. The predicted molar refractivity (Wildman–Crippen MR) is 120 cm³/mol. The van der Waals surface area contributed by atoms with Crippen LogP contribution in [0.4, 0.5) is 5.95 Å². The van der Waals surface area contributed by atoms with Crippen molar-refractivity contribution in [2.24, 2.45) is 19.2 Å². The normalized spacial score (nSPS) is 11.5. The summed E-state index contributed by atoms with van der Waals surface area (Å²) < 4.78 is 4.05. The molecule has 0 spiro atoms. The van der Waals surface area contributed by atoms with Crippen LogP contribution in [-0.4, -0.2) is 30.0 Å². The Morgan fingerprint density at radius 2 is 1.74 bits per heavy atom. The molecule has 2 heterocycles. The standard InChI is InChI=1S/C21H19ClN6O3/c1-26-18-17(19(30)27(2)21(26)31)28(12-14-3-7-15(22)8-4-14)20(24-18)25-23-11-13-5-9-16(29)10-6-13/h3-11,29H,12H2,1-2H3,(H,24,25)/b23-11-. The molecule has 31 heavy (non-hydrogen) atoms. The minimum atomic E-state index is -0.465. The first-order chi connectivity index (χ1) is 14.8. The molecule has 0 fully saturated rings. The molecule has 158 valence electrons. The third-order valence-corrected chi connectivity index (χ3v) is 5.13. The molecule has 0 aliphatic rings. The van der Waals surface area contributed by atoms with Gasteiger partial charge in [0.1, 0.15) is 5.75 Å². The van der Waals surface area contributed by atoms with Crippen LogP contribution >= 0.6 is 11.6 Å². The van der Waals surface area contributed by atoms with E-state index in [1.807, 2.05) is 12.1 Å². The number of hydrogen-bond donors (Lipinski definition) is 2. The van der Waals surface area contributed by atoms with Crippen LogP contribution in [-0.2, 0) is 20.6 Å². The molecular formula is C21H19ClN6O3. The molecule has 2 aromatic heterocycles. The van der Waals surface area contributed by atoms with E-state index in [0.717, 1.165) is 15.7 Å². The first-order valence-corrected chi connectivity index (χ1v) is 9.72. The van der Waals surface area contributed by atoms with Gasteiger partial charge in [0, 0.05) is 19.1 Å². The highest BCUT2D eigenvalue weighted by molar-refractivity contribution is 6.30. The van der Waals surface area contributed by atoms with Gasteiger partial charge in [-0.1, -0.05) is 23.7 Å². The van der Waals surface area contributed by atoms with Crippen LogP contribution < -0.4 is 16.7 Å². The summed E-state index contributed by atoms with van der Waals surface area (Å²) in [7, 11) is 2.99. The first-order valence-electron chi connectivity index (χ1n) is 9.34. The summed E-state index contributed by atoms with van der Waals surface area (Å²) in [5.41, 5.74) is 4.13. The highest BCUT2D eigenvalue weighted by atomic mass is 35.5. The second-order valence-corrected chi connectivity index (χ2v) is 7.42. The van der Waals surface area contributed by atoms with Crippen LogP contribution in [0.3, 0.4) is 0 Å². The van der Waals surface area contributed by atoms with Crippen molar-refractivity contribution in [3.8, 4) is 5.75 Å². The van der Waals surface area contributed by atoms with E-state index in [9.17, 15) is 14.7 Å². The third-order valence-electron chi connectivity index (χ3n) is 4.87. The molecular weight excluding hydrogens is 420 g/mol. The number of aromatic nitrogens is 4. The van der Waals surface area contributed by atoms with Gasteiger partial charge < -0.3 is 5.11 Å². The highest BCUT2D eigenvalue weighted by Crippen LogP contribution is 2.19. The number of aryl methyl sites for hydroxylation is 1. The van der Waals surface area contributed by atoms with Gasteiger partial charge in [-0.2, -0.15) is 10.1 Å². The van der Waals surface area contributed by atoms with E-state index in [-0.39, 0.29) is 16.9 Å². The number of benzene rings is 2. The van der Waals surface area contributed by atoms with Crippen LogP contribution in [0.5, 0.6) is 5.75 Å². The zero-order valence-electron chi connectivity index (χ0n) is 16.8. The van der Waals surface area contributed by atoms with Gasteiger partial charge in [-0.05, 0) is 47.5 Å². The molecule has 2 N–H and O–H groups in total. The van der Waals surface area contributed by atoms with E-state index in [4.69, 9.17) is 11.6 Å². The Morgan fingerprint density at radius 3 is 2.42 bits per heavy atom. The smallest absolute Gasteiger partial charge is 0.332 e. The van der Waals surface area contributed by atoms with Gasteiger partial charge in [0.2, 0.25) is 5.95 Å². The Morgan fingerprint density at radius 1 is 1.06 bits per heavy atom. The Bertz CT molecular complexity index is 1400. The predicted octanol–water partition coefficient (Wildman–Crippen LogP) is 2.29. The average molecular weight is 439 g/mol. The van der Waals surface area contributed by atoms with E-state index >= 15 is 0 Å². The van der Waals surface area contributed by atoms with Gasteiger partial charge in [0.15, 0.2) is 11.2 Å². The Kier molecular flexibility index (Phi) is 5.35. The van der Waals surface area contributed by atoms with E-state index < -0.39 is 11.2 Å². The van der Waals surface area contributed by atoms with Crippen LogP contribution in [0.15, 0.2) is 63.2 Å². The SMILES string of the molecule is Cn1c(=O)c2c(nc(N/N=C\c3ccc(O)cc3)n2Cc2ccc(Cl)cc2)n(C)c1=O. The number of fused-ring (bicyclic) bond motifs is 1. The maximum absolute atomic E-state index is 12.9. The lowest BCUT2D eigenvalue weighted by atomic mass is 10.2. The number of hydrazone groups is 1. The molecule has 4 rings (SSSR count).